The second-order valence-electron chi connectivity index (χ2n) is 9.79. The molecule has 14 nitrogen and oxygen atoms in total. The van der Waals surface area contributed by atoms with Crippen molar-refractivity contribution in [2.75, 3.05) is 31.6 Å². The minimum atomic E-state index is -4.64. The predicted molar refractivity (Wildman–Crippen MR) is 166 cm³/mol. The van der Waals surface area contributed by atoms with Gasteiger partial charge in [0.1, 0.15) is 19.0 Å². The number of anilines is 1. The van der Waals surface area contributed by atoms with Crippen molar-refractivity contribution < 1.29 is 52.8 Å². The molecule has 0 amide bonds. The summed E-state index contributed by atoms with van der Waals surface area (Å²) in [4.78, 5) is 61.8. The molecule has 1 atom stereocenters. The monoisotopic (exact) mass is 663 g/mol. The van der Waals surface area contributed by atoms with Crippen molar-refractivity contribution in [3.05, 3.63) is 102 Å². The van der Waals surface area contributed by atoms with Gasteiger partial charge in [0.05, 0.1) is 5.56 Å². The summed E-state index contributed by atoms with van der Waals surface area (Å²) >= 11 is 0. The van der Waals surface area contributed by atoms with E-state index in [1.54, 1.807) is 12.1 Å². The van der Waals surface area contributed by atoms with Crippen molar-refractivity contribution in [1.29, 1.82) is 0 Å². The van der Waals surface area contributed by atoms with Gasteiger partial charge in [-0.3, -0.25) is 9.88 Å². The van der Waals surface area contributed by atoms with Gasteiger partial charge >= 0.3 is 21.6 Å². The van der Waals surface area contributed by atoms with Crippen molar-refractivity contribution in [2.45, 2.75) is 19.0 Å². The lowest BCUT2D eigenvalue weighted by Crippen LogP contribution is -2.26. The Balaban J connectivity index is 0.000000482. The summed E-state index contributed by atoms with van der Waals surface area (Å²) in [5.74, 6) is 0.455. The van der Waals surface area contributed by atoms with Gasteiger partial charge in [-0.1, -0.05) is 42.5 Å². The van der Waals surface area contributed by atoms with E-state index < -0.39 is 15.6 Å². The number of benzene rings is 3. The quantitative estimate of drug-likeness (QED) is 0.0777. The maximum absolute atomic E-state index is 12.0. The smallest absolute Gasteiger partial charge is 0.466 e. The number of phosphoric acid groups is 2. The molecule has 0 saturated carbocycles. The molecule has 1 saturated heterocycles. The Morgan fingerprint density at radius 2 is 1.58 bits per heavy atom. The van der Waals surface area contributed by atoms with Gasteiger partial charge in [-0.05, 0) is 48.4 Å². The minimum absolute atomic E-state index is 0.210. The fourth-order valence-corrected chi connectivity index (χ4v) is 4.51. The molecular formula is C29H35N3O11P2. The third-order valence-corrected chi connectivity index (χ3v) is 6.21. The number of carbonyl (C=O) groups is 1. The topological polar surface area (TPSA) is 219 Å². The zero-order valence-corrected chi connectivity index (χ0v) is 25.8. The van der Waals surface area contributed by atoms with E-state index in [1.165, 1.54) is 16.6 Å². The molecule has 5 rings (SSSR count). The van der Waals surface area contributed by atoms with Gasteiger partial charge < -0.3 is 44.2 Å². The Kier molecular flexibility index (Phi) is 13.6. The molecule has 1 fully saturated rings. The first kappa shape index (κ1) is 35.8. The van der Waals surface area contributed by atoms with Crippen molar-refractivity contribution in [1.82, 2.24) is 9.88 Å². The fraction of sp³-hybridized carbons (Fsp3) is 0.241. The number of carbonyl (C=O) groups excluding carboxylic acids is 1. The molecule has 2 heterocycles. The highest BCUT2D eigenvalue weighted by molar-refractivity contribution is 7.45. The van der Waals surface area contributed by atoms with Crippen LogP contribution < -0.4 is 10.1 Å². The maximum atomic E-state index is 12.0. The Morgan fingerprint density at radius 1 is 0.889 bits per heavy atom. The molecule has 0 radical (unpaired) electrons. The number of hydrogen-bond donors (Lipinski definition) is 7. The van der Waals surface area contributed by atoms with E-state index in [2.05, 4.69) is 51.6 Å². The van der Waals surface area contributed by atoms with Crippen LogP contribution in [0.25, 0.3) is 10.8 Å². The molecular weight excluding hydrogens is 628 g/mol. The number of nitrogens with zero attached hydrogens (tertiary/aromatic N) is 2. The molecule has 45 heavy (non-hydrogen) atoms. The Morgan fingerprint density at radius 3 is 2.29 bits per heavy atom. The Hall–Kier alpha value is -3.68. The fourth-order valence-electron chi connectivity index (χ4n) is 4.51. The largest absolute Gasteiger partial charge is 0.490 e. The average molecular weight is 664 g/mol. The summed E-state index contributed by atoms with van der Waals surface area (Å²) in [6.07, 6.45) is 4.85. The summed E-state index contributed by atoms with van der Waals surface area (Å²) in [7, 11) is -9.28. The number of nitrogens with one attached hydrogen (secondary N) is 1. The average Bonchev–Trinajstić information content (AvgIpc) is 3.41. The van der Waals surface area contributed by atoms with Crippen molar-refractivity contribution in [2.24, 2.45) is 0 Å². The van der Waals surface area contributed by atoms with E-state index in [9.17, 15) is 4.79 Å². The molecule has 1 aromatic heterocycles. The SMILES string of the molecule is O=C(OCCOc1cccc(CN2CCC(Nc3cccc4cnccc34)C2)c1)c1ccccc1.O=P(O)(O)O.O=P(O)(O)O. The molecule has 0 aliphatic carbocycles. The molecule has 4 aromatic rings. The van der Waals surface area contributed by atoms with Crippen molar-refractivity contribution in [3.63, 3.8) is 0 Å². The van der Waals surface area contributed by atoms with E-state index in [0.29, 0.717) is 18.2 Å². The highest BCUT2D eigenvalue weighted by Gasteiger charge is 2.23. The Labute approximate surface area is 259 Å². The Bertz CT molecular complexity index is 1570. The van der Waals surface area contributed by atoms with E-state index in [0.717, 1.165) is 37.2 Å². The highest BCUT2D eigenvalue weighted by atomic mass is 31.2. The maximum Gasteiger partial charge on any atom is 0.466 e. The third kappa shape index (κ3) is 14.8. The number of fused-ring (bicyclic) bond motifs is 1. The van der Waals surface area contributed by atoms with Gasteiger partial charge in [0.15, 0.2) is 0 Å². The van der Waals surface area contributed by atoms with Gasteiger partial charge in [-0.25, -0.2) is 13.9 Å². The molecule has 0 bridgehead atoms. The van der Waals surface area contributed by atoms with E-state index in [1.807, 2.05) is 42.7 Å². The molecule has 7 N–H and O–H groups in total. The summed E-state index contributed by atoms with van der Waals surface area (Å²) in [5, 5.41) is 6.09. The first-order chi connectivity index (χ1) is 21.2. The van der Waals surface area contributed by atoms with Crippen LogP contribution >= 0.6 is 15.6 Å². The van der Waals surface area contributed by atoms with Crippen LogP contribution in [0.1, 0.15) is 22.3 Å². The van der Waals surface area contributed by atoms with E-state index in [-0.39, 0.29) is 12.6 Å². The number of hydrogen-bond acceptors (Lipinski definition) is 8. The van der Waals surface area contributed by atoms with Gasteiger partial charge in [-0.2, -0.15) is 0 Å². The second-order valence-corrected chi connectivity index (χ2v) is 11.8. The van der Waals surface area contributed by atoms with Crippen molar-refractivity contribution in [3.8, 4) is 5.75 Å². The summed E-state index contributed by atoms with van der Waals surface area (Å²) < 4.78 is 28.9. The molecule has 1 aliphatic heterocycles. The summed E-state index contributed by atoms with van der Waals surface area (Å²) in [5.41, 5.74) is 2.92. The molecule has 3 aromatic carbocycles. The van der Waals surface area contributed by atoms with Crippen LogP contribution in [0, 0.1) is 0 Å². The van der Waals surface area contributed by atoms with Crippen molar-refractivity contribution >= 4 is 38.1 Å². The predicted octanol–water partition coefficient (Wildman–Crippen LogP) is 3.30. The molecule has 0 spiro atoms. The first-order valence-electron chi connectivity index (χ1n) is 13.6. The van der Waals surface area contributed by atoms with Gasteiger partial charge in [-0.15, -0.1) is 0 Å². The number of ether oxygens (including phenoxy) is 2. The number of pyridine rings is 1. The lowest BCUT2D eigenvalue weighted by atomic mass is 10.1. The highest BCUT2D eigenvalue weighted by Crippen LogP contribution is 2.27. The number of esters is 1. The van der Waals surface area contributed by atoms with Crippen LogP contribution in [0.4, 0.5) is 5.69 Å². The molecule has 16 heteroatoms. The molecule has 242 valence electrons. The van der Waals surface area contributed by atoms with Crippen LogP contribution in [0.5, 0.6) is 5.75 Å². The number of aromatic nitrogens is 1. The summed E-state index contributed by atoms with van der Waals surface area (Å²) in [6, 6.07) is 25.9. The van der Waals surface area contributed by atoms with Gasteiger partial charge in [0, 0.05) is 54.5 Å². The van der Waals surface area contributed by atoms with Crippen LogP contribution in [0.2, 0.25) is 0 Å². The lowest BCUT2D eigenvalue weighted by molar-refractivity contribution is 0.0450. The second kappa shape index (κ2) is 17.1. The van der Waals surface area contributed by atoms with Gasteiger partial charge in [0.2, 0.25) is 0 Å². The van der Waals surface area contributed by atoms with Crippen LogP contribution in [0.3, 0.4) is 0 Å². The third-order valence-electron chi connectivity index (χ3n) is 6.21. The number of rotatable bonds is 9. The standard InChI is InChI=1S/C29H29N3O3.2H3O4P/c33-29(23-7-2-1-3-8-23)35-17-16-34-26-10-4-6-22(18-26)20-32-15-13-25(21-32)31-28-11-5-9-24-19-30-14-12-27(24)28;2*1-5(2,3)4/h1-12,14,18-19,25,31H,13,15-17,20-21H2;2*(H3,1,2,3,4). The zero-order valence-electron chi connectivity index (χ0n) is 24.0. The van der Waals surface area contributed by atoms with E-state index >= 15 is 0 Å². The normalized spacial score (nSPS) is 14.8. The molecule has 1 unspecified atom stereocenters. The van der Waals surface area contributed by atoms with Crippen LogP contribution in [0.15, 0.2) is 91.3 Å². The number of likely N-dealkylation sites (tertiary alicyclic amines) is 1. The van der Waals surface area contributed by atoms with Crippen LogP contribution in [-0.4, -0.2) is 77.6 Å². The lowest BCUT2D eigenvalue weighted by Gasteiger charge is -2.19. The molecule has 1 aliphatic rings. The first-order valence-corrected chi connectivity index (χ1v) is 16.7. The van der Waals surface area contributed by atoms with Crippen LogP contribution in [-0.2, 0) is 20.4 Å². The van der Waals surface area contributed by atoms with E-state index in [4.69, 9.17) is 48.0 Å². The summed E-state index contributed by atoms with van der Waals surface area (Å²) in [6.45, 7) is 3.43. The minimum Gasteiger partial charge on any atom is -0.490 e. The van der Waals surface area contributed by atoms with Gasteiger partial charge in [0.25, 0.3) is 0 Å². The zero-order chi connectivity index (χ0) is 32.9.